The molecule has 0 radical (unpaired) electrons. The smallest absolute Gasteiger partial charge is 0.193 e. The number of hydrogen-bond acceptors (Lipinski definition) is 2. The number of halogens is 1. The number of aliphatic imine (C=N–C) groups is 1. The monoisotopic (exact) mass is 482 g/mol. The Hall–Kier alpha value is -1.08. The molecular formula is C22H35IN4. The van der Waals surface area contributed by atoms with E-state index in [2.05, 4.69) is 76.4 Å². The number of nitrogens with zero attached hydrogens (tertiary/aromatic N) is 3. The first-order chi connectivity index (χ1) is 12.7. The van der Waals surface area contributed by atoms with E-state index < -0.39 is 0 Å². The van der Waals surface area contributed by atoms with Crippen molar-refractivity contribution in [2.24, 2.45) is 4.99 Å². The van der Waals surface area contributed by atoms with Crippen LogP contribution in [0, 0.1) is 0 Å². The second-order valence-corrected chi connectivity index (χ2v) is 7.57. The lowest BCUT2D eigenvalue weighted by Gasteiger charge is -2.34. The predicted molar refractivity (Wildman–Crippen MR) is 126 cm³/mol. The molecule has 3 rings (SSSR count). The van der Waals surface area contributed by atoms with Gasteiger partial charge in [-0.2, -0.15) is 0 Å². The zero-order valence-electron chi connectivity index (χ0n) is 17.0. The lowest BCUT2D eigenvalue weighted by Crippen LogP contribution is -2.47. The largest absolute Gasteiger partial charge is 0.355 e. The minimum Gasteiger partial charge on any atom is -0.355 e. The average Bonchev–Trinajstić information content (AvgIpc) is 3.38. The molecular weight excluding hydrogens is 447 g/mol. The van der Waals surface area contributed by atoms with Crippen LogP contribution in [0.25, 0.3) is 0 Å². The van der Waals surface area contributed by atoms with Gasteiger partial charge in [-0.15, -0.1) is 24.0 Å². The zero-order chi connectivity index (χ0) is 18.4. The van der Waals surface area contributed by atoms with Crippen molar-refractivity contribution in [3.63, 3.8) is 0 Å². The molecule has 2 aliphatic heterocycles. The van der Waals surface area contributed by atoms with Crippen LogP contribution in [0.5, 0.6) is 0 Å². The molecule has 2 heterocycles. The SMILES string of the molecule is CCC(CC)(CNC(=NC)N1CCC(N2CC=CC2)C1)c1ccccc1.I. The van der Waals surface area contributed by atoms with E-state index in [1.165, 1.54) is 12.0 Å². The fourth-order valence-electron chi connectivity index (χ4n) is 4.41. The van der Waals surface area contributed by atoms with Gasteiger partial charge in [0.25, 0.3) is 0 Å². The van der Waals surface area contributed by atoms with E-state index in [1.807, 2.05) is 7.05 Å². The van der Waals surface area contributed by atoms with Gasteiger partial charge in [-0.25, -0.2) is 0 Å². The lowest BCUT2D eigenvalue weighted by atomic mass is 9.76. The van der Waals surface area contributed by atoms with Crippen LogP contribution in [0.4, 0.5) is 0 Å². The van der Waals surface area contributed by atoms with Crippen molar-refractivity contribution in [3.05, 3.63) is 48.0 Å². The molecule has 150 valence electrons. The maximum absolute atomic E-state index is 4.59. The molecule has 0 aliphatic carbocycles. The Bertz CT molecular complexity index is 616. The molecule has 0 bridgehead atoms. The van der Waals surface area contributed by atoms with Gasteiger partial charge in [-0.05, 0) is 24.8 Å². The number of hydrogen-bond donors (Lipinski definition) is 1. The first kappa shape index (κ1) is 22.2. The summed E-state index contributed by atoms with van der Waals surface area (Å²) in [4.78, 5) is 9.60. The third-order valence-electron chi connectivity index (χ3n) is 6.36. The van der Waals surface area contributed by atoms with Gasteiger partial charge in [0, 0.05) is 51.2 Å². The summed E-state index contributed by atoms with van der Waals surface area (Å²) >= 11 is 0. The first-order valence-corrected chi connectivity index (χ1v) is 10.1. The summed E-state index contributed by atoms with van der Waals surface area (Å²) in [5.74, 6) is 1.06. The van der Waals surface area contributed by atoms with Gasteiger partial charge in [0.1, 0.15) is 0 Å². The van der Waals surface area contributed by atoms with Crippen LogP contribution in [-0.2, 0) is 5.41 Å². The molecule has 1 atom stereocenters. The Morgan fingerprint density at radius 2 is 1.81 bits per heavy atom. The molecule has 4 nitrogen and oxygen atoms in total. The topological polar surface area (TPSA) is 30.9 Å². The molecule has 2 aliphatic rings. The lowest BCUT2D eigenvalue weighted by molar-refractivity contribution is 0.259. The summed E-state index contributed by atoms with van der Waals surface area (Å²) in [5.41, 5.74) is 1.59. The maximum Gasteiger partial charge on any atom is 0.193 e. The number of guanidine groups is 1. The van der Waals surface area contributed by atoms with E-state index in [0.717, 1.165) is 51.5 Å². The van der Waals surface area contributed by atoms with Crippen molar-refractivity contribution in [1.82, 2.24) is 15.1 Å². The van der Waals surface area contributed by atoms with E-state index >= 15 is 0 Å². The van der Waals surface area contributed by atoms with Crippen molar-refractivity contribution < 1.29 is 0 Å². The average molecular weight is 482 g/mol. The molecule has 1 fully saturated rings. The third kappa shape index (κ3) is 5.05. The van der Waals surface area contributed by atoms with Crippen LogP contribution >= 0.6 is 24.0 Å². The Balaban J connectivity index is 0.00000261. The second-order valence-electron chi connectivity index (χ2n) is 7.57. The van der Waals surface area contributed by atoms with Crippen molar-refractivity contribution in [2.75, 3.05) is 39.8 Å². The molecule has 1 aromatic rings. The van der Waals surface area contributed by atoms with Crippen LogP contribution in [0.1, 0.15) is 38.7 Å². The summed E-state index contributed by atoms with van der Waals surface area (Å²) in [6.07, 6.45) is 8.05. The van der Waals surface area contributed by atoms with Gasteiger partial charge < -0.3 is 10.2 Å². The van der Waals surface area contributed by atoms with Crippen LogP contribution in [0.2, 0.25) is 0 Å². The van der Waals surface area contributed by atoms with E-state index in [9.17, 15) is 0 Å². The second kappa shape index (κ2) is 10.5. The zero-order valence-corrected chi connectivity index (χ0v) is 19.4. The fraction of sp³-hybridized carbons (Fsp3) is 0.591. The van der Waals surface area contributed by atoms with Gasteiger partial charge in [-0.1, -0.05) is 56.3 Å². The summed E-state index contributed by atoms with van der Waals surface area (Å²) in [6, 6.07) is 11.6. The number of likely N-dealkylation sites (tertiary alicyclic amines) is 1. The molecule has 0 aromatic heterocycles. The maximum atomic E-state index is 4.59. The fourth-order valence-corrected chi connectivity index (χ4v) is 4.41. The first-order valence-electron chi connectivity index (χ1n) is 10.1. The molecule has 1 unspecified atom stereocenters. The van der Waals surface area contributed by atoms with E-state index in [-0.39, 0.29) is 29.4 Å². The highest BCUT2D eigenvalue weighted by Crippen LogP contribution is 2.31. The summed E-state index contributed by atoms with van der Waals surface area (Å²) in [6.45, 7) is 9.92. The number of nitrogens with one attached hydrogen (secondary N) is 1. The quantitative estimate of drug-likeness (QED) is 0.289. The van der Waals surface area contributed by atoms with Crippen LogP contribution < -0.4 is 5.32 Å². The van der Waals surface area contributed by atoms with Crippen LogP contribution in [0.3, 0.4) is 0 Å². The Labute approximate surface area is 182 Å². The predicted octanol–water partition coefficient (Wildman–Crippen LogP) is 3.88. The molecule has 0 spiro atoms. The Kier molecular flexibility index (Phi) is 8.61. The highest BCUT2D eigenvalue weighted by molar-refractivity contribution is 14.0. The molecule has 0 amide bonds. The van der Waals surface area contributed by atoms with Crippen molar-refractivity contribution in [1.29, 1.82) is 0 Å². The normalized spacial score (nSPS) is 20.8. The number of rotatable bonds is 6. The van der Waals surface area contributed by atoms with E-state index in [4.69, 9.17) is 0 Å². The Morgan fingerprint density at radius 1 is 1.15 bits per heavy atom. The van der Waals surface area contributed by atoms with Gasteiger partial charge in [0.15, 0.2) is 5.96 Å². The van der Waals surface area contributed by atoms with E-state index in [1.54, 1.807) is 0 Å². The Morgan fingerprint density at radius 3 is 2.41 bits per heavy atom. The van der Waals surface area contributed by atoms with Crippen molar-refractivity contribution in [3.8, 4) is 0 Å². The van der Waals surface area contributed by atoms with Gasteiger partial charge in [0.2, 0.25) is 0 Å². The molecule has 1 saturated heterocycles. The molecule has 5 heteroatoms. The standard InChI is InChI=1S/C22H34N4.HI/c1-4-22(5-2,19-11-7-6-8-12-19)18-24-21(23-3)26-16-13-20(17-26)25-14-9-10-15-25;/h6-12,20H,4-5,13-18H2,1-3H3,(H,23,24);1H. The summed E-state index contributed by atoms with van der Waals surface area (Å²) in [5, 5.41) is 3.71. The molecule has 1 N–H and O–H groups in total. The van der Waals surface area contributed by atoms with Gasteiger partial charge >= 0.3 is 0 Å². The van der Waals surface area contributed by atoms with Crippen molar-refractivity contribution in [2.45, 2.75) is 44.6 Å². The third-order valence-corrected chi connectivity index (χ3v) is 6.36. The van der Waals surface area contributed by atoms with Gasteiger partial charge in [-0.3, -0.25) is 9.89 Å². The minimum atomic E-state index is 0. The highest BCUT2D eigenvalue weighted by atomic mass is 127. The molecule has 1 aromatic carbocycles. The molecule has 27 heavy (non-hydrogen) atoms. The van der Waals surface area contributed by atoms with E-state index in [0.29, 0.717) is 6.04 Å². The summed E-state index contributed by atoms with van der Waals surface area (Å²) in [7, 11) is 1.91. The van der Waals surface area contributed by atoms with Gasteiger partial charge in [0.05, 0.1) is 0 Å². The number of benzene rings is 1. The van der Waals surface area contributed by atoms with Crippen LogP contribution in [-0.4, -0.2) is 61.6 Å². The summed E-state index contributed by atoms with van der Waals surface area (Å²) < 4.78 is 0. The minimum absolute atomic E-state index is 0. The van der Waals surface area contributed by atoms with Crippen LogP contribution in [0.15, 0.2) is 47.5 Å². The molecule has 0 saturated carbocycles. The van der Waals surface area contributed by atoms with Crippen molar-refractivity contribution >= 4 is 29.9 Å². The highest BCUT2D eigenvalue weighted by Gasteiger charge is 2.32.